The predicted octanol–water partition coefficient (Wildman–Crippen LogP) is 6.64. The summed E-state index contributed by atoms with van der Waals surface area (Å²) in [6.07, 6.45) is 0.531. The van der Waals surface area contributed by atoms with E-state index in [9.17, 15) is 14.7 Å². The quantitative estimate of drug-likeness (QED) is 0.0469. The van der Waals surface area contributed by atoms with E-state index < -0.39 is 24.3 Å². The molecule has 266 valence electrons. The average molecular weight is 700 g/mol. The second-order valence-electron chi connectivity index (χ2n) is 12.2. The molecule has 52 heavy (non-hydrogen) atoms. The van der Waals surface area contributed by atoms with Crippen molar-refractivity contribution in [2.45, 2.75) is 33.0 Å². The molecule has 0 saturated heterocycles. The summed E-state index contributed by atoms with van der Waals surface area (Å²) in [4.78, 5) is 24.9. The molecule has 4 aromatic carbocycles. The number of hydrogen-bond donors (Lipinski definition) is 4. The number of allylic oxidation sites excluding steroid dienone is 1. The number of carbonyl (C=O) groups excluding carboxylic acids is 2. The fourth-order valence-corrected chi connectivity index (χ4v) is 6.12. The van der Waals surface area contributed by atoms with E-state index >= 15 is 0 Å². The minimum atomic E-state index is -1.17. The van der Waals surface area contributed by atoms with Gasteiger partial charge in [0.05, 0.1) is 42.9 Å². The van der Waals surface area contributed by atoms with Gasteiger partial charge >= 0.3 is 12.0 Å². The zero-order valence-electron chi connectivity index (χ0n) is 29.4. The number of rotatable bonds is 13. The molecule has 2 amide bonds. The van der Waals surface area contributed by atoms with Crippen molar-refractivity contribution in [2.24, 2.45) is 5.10 Å². The number of aliphatic hydroxyl groups excluding tert-OH is 1. The molecule has 2 atom stereocenters. The van der Waals surface area contributed by atoms with Crippen molar-refractivity contribution in [3.05, 3.63) is 137 Å². The molecule has 5 aromatic rings. The monoisotopic (exact) mass is 699 g/mol. The Labute approximate surface area is 302 Å². The summed E-state index contributed by atoms with van der Waals surface area (Å²) in [7, 11) is 1.29. The van der Waals surface area contributed by atoms with Crippen LogP contribution in [0.25, 0.3) is 28.2 Å². The van der Waals surface area contributed by atoms with E-state index in [-0.39, 0.29) is 12.2 Å². The molecule has 1 aromatic heterocycles. The van der Waals surface area contributed by atoms with Crippen molar-refractivity contribution in [2.75, 3.05) is 20.3 Å². The molecule has 6 rings (SSSR count). The fourth-order valence-electron chi connectivity index (χ4n) is 6.12. The van der Waals surface area contributed by atoms with Crippen LogP contribution in [0.4, 0.5) is 4.79 Å². The molecule has 2 heterocycles. The van der Waals surface area contributed by atoms with E-state index in [1.165, 1.54) is 12.7 Å². The number of esters is 1. The van der Waals surface area contributed by atoms with Crippen molar-refractivity contribution in [1.82, 2.24) is 20.6 Å². The average Bonchev–Trinajstić information content (AvgIpc) is 3.54. The Balaban J connectivity index is 1.24. The largest absolute Gasteiger partial charge is 0.490 e. The molecule has 0 fully saturated rings. The van der Waals surface area contributed by atoms with E-state index in [0.29, 0.717) is 29.4 Å². The molecule has 0 unspecified atom stereocenters. The molecule has 0 spiro atoms. The van der Waals surface area contributed by atoms with Crippen LogP contribution >= 0.6 is 0 Å². The van der Waals surface area contributed by atoms with E-state index in [1.54, 1.807) is 31.3 Å². The van der Waals surface area contributed by atoms with E-state index in [2.05, 4.69) is 87.2 Å². The molecular weight excluding hydrogens is 658 g/mol. The number of aromatic nitrogens is 1. The number of aryl methyl sites for hydroxylation is 1. The third kappa shape index (κ3) is 7.85. The zero-order chi connectivity index (χ0) is 36.6. The number of hydrazone groups is 1. The first kappa shape index (κ1) is 35.5. The summed E-state index contributed by atoms with van der Waals surface area (Å²) >= 11 is 0. The highest BCUT2D eigenvalue weighted by Crippen LogP contribution is 2.37. The first-order valence-corrected chi connectivity index (χ1v) is 16.9. The summed E-state index contributed by atoms with van der Waals surface area (Å²) in [6, 6.07) is 34.7. The normalized spacial score (nSPS) is 14.8. The Kier molecular flexibility index (Phi) is 11.0. The third-order valence-electron chi connectivity index (χ3n) is 8.54. The van der Waals surface area contributed by atoms with Gasteiger partial charge in [-0.3, -0.25) is 5.43 Å². The topological polar surface area (TPSA) is 135 Å². The molecule has 1 aliphatic heterocycles. The lowest BCUT2D eigenvalue weighted by Gasteiger charge is -2.28. The molecule has 11 heteroatoms. The number of carbonyl (C=O) groups is 2. The Morgan fingerprint density at radius 2 is 1.62 bits per heavy atom. The van der Waals surface area contributed by atoms with Crippen LogP contribution in [0.1, 0.15) is 36.6 Å². The van der Waals surface area contributed by atoms with Crippen molar-refractivity contribution >= 4 is 18.2 Å². The predicted molar refractivity (Wildman–Crippen MR) is 200 cm³/mol. The molecule has 4 N–H and O–H groups in total. The highest BCUT2D eigenvalue weighted by atomic mass is 16.5. The number of ether oxygens (including phenoxy) is 3. The smallest absolute Gasteiger partial charge is 0.337 e. The number of urea groups is 1. The second-order valence-corrected chi connectivity index (χ2v) is 12.2. The van der Waals surface area contributed by atoms with Crippen LogP contribution in [0.5, 0.6) is 11.5 Å². The van der Waals surface area contributed by atoms with Gasteiger partial charge in [-0.1, -0.05) is 84.4 Å². The van der Waals surface area contributed by atoms with Gasteiger partial charge < -0.3 is 34.5 Å². The summed E-state index contributed by atoms with van der Waals surface area (Å²) in [5.74, 6) is 0.177. The number of nitrogens with zero attached hydrogens (tertiary/aromatic N) is 2. The van der Waals surface area contributed by atoms with Gasteiger partial charge in [0.2, 0.25) is 0 Å². The Hall–Kier alpha value is -6.33. The van der Waals surface area contributed by atoms with Crippen molar-refractivity contribution < 1.29 is 28.9 Å². The van der Waals surface area contributed by atoms with Gasteiger partial charge in [-0.2, -0.15) is 5.10 Å². The first-order chi connectivity index (χ1) is 25.3. The van der Waals surface area contributed by atoms with Crippen LogP contribution in [0.3, 0.4) is 0 Å². The SMILES string of the molecule is CCOc1cc([C@H]2NC(=O)NC(C)=C2C(=O)OC)ccc1OC[C@H](O)N/N=C/c1cc(-c2ccccc2)n(-c2ccc(C)cc2)c1-c1ccccc1. The van der Waals surface area contributed by atoms with Crippen LogP contribution in [0.15, 0.2) is 126 Å². The van der Waals surface area contributed by atoms with Crippen LogP contribution < -0.4 is 25.5 Å². The number of amides is 2. The van der Waals surface area contributed by atoms with Gasteiger partial charge in [0.25, 0.3) is 0 Å². The molecule has 11 nitrogen and oxygen atoms in total. The summed E-state index contributed by atoms with van der Waals surface area (Å²) < 4.78 is 19.0. The van der Waals surface area contributed by atoms with Crippen molar-refractivity contribution in [3.63, 3.8) is 0 Å². The van der Waals surface area contributed by atoms with Crippen LogP contribution in [0.2, 0.25) is 0 Å². The minimum Gasteiger partial charge on any atom is -0.490 e. The minimum absolute atomic E-state index is 0.154. The molecule has 0 bridgehead atoms. The van der Waals surface area contributed by atoms with Crippen LogP contribution in [-0.2, 0) is 9.53 Å². The lowest BCUT2D eigenvalue weighted by Crippen LogP contribution is -2.45. The number of methoxy groups -OCH3 is 1. The maximum atomic E-state index is 12.6. The second kappa shape index (κ2) is 16.1. The number of benzene rings is 4. The van der Waals surface area contributed by atoms with Gasteiger partial charge in [0.1, 0.15) is 6.61 Å². The molecule has 0 aliphatic carbocycles. The summed E-state index contributed by atoms with van der Waals surface area (Å²) in [5, 5.41) is 20.7. The summed E-state index contributed by atoms with van der Waals surface area (Å²) in [6.45, 7) is 5.71. The zero-order valence-corrected chi connectivity index (χ0v) is 29.4. The lowest BCUT2D eigenvalue weighted by molar-refractivity contribution is -0.136. The highest BCUT2D eigenvalue weighted by Gasteiger charge is 2.32. The lowest BCUT2D eigenvalue weighted by atomic mass is 9.95. The third-order valence-corrected chi connectivity index (χ3v) is 8.54. The molecule has 1 aliphatic rings. The number of nitrogens with one attached hydrogen (secondary N) is 3. The van der Waals surface area contributed by atoms with Gasteiger partial charge in [-0.25, -0.2) is 9.59 Å². The van der Waals surface area contributed by atoms with Crippen molar-refractivity contribution in [3.8, 4) is 39.7 Å². The van der Waals surface area contributed by atoms with Crippen LogP contribution in [0, 0.1) is 6.92 Å². The summed E-state index contributed by atoms with van der Waals surface area (Å²) in [5.41, 5.74) is 11.1. The van der Waals surface area contributed by atoms with E-state index in [1.807, 2.05) is 43.3 Å². The standard InChI is InChI=1S/C41H41N5O6/c1-5-51-35-23-30(38-37(40(48)50-4)27(3)43-41(49)44-38)18-21-34(35)52-25-36(47)45-42-24-31-22-33(28-12-8-6-9-13-28)46(32-19-16-26(2)17-20-32)39(31)29-14-10-7-11-15-29/h6-24,36,38,45,47H,5,25H2,1-4H3,(H2,43,44,49)/b42-24+/t36-,38+/m0/s1. The van der Waals surface area contributed by atoms with E-state index in [0.717, 1.165) is 33.8 Å². The van der Waals surface area contributed by atoms with Crippen LogP contribution in [-0.4, -0.2) is 54.4 Å². The van der Waals surface area contributed by atoms with Gasteiger partial charge in [-0.05, 0) is 67.8 Å². The van der Waals surface area contributed by atoms with Gasteiger partial charge in [0.15, 0.2) is 17.7 Å². The van der Waals surface area contributed by atoms with Gasteiger partial charge in [-0.15, -0.1) is 0 Å². The van der Waals surface area contributed by atoms with E-state index in [4.69, 9.17) is 14.2 Å². The van der Waals surface area contributed by atoms with Crippen molar-refractivity contribution in [1.29, 1.82) is 0 Å². The fraction of sp³-hybridized carbons (Fsp3) is 0.195. The number of hydrogen-bond acceptors (Lipinski definition) is 8. The Bertz CT molecular complexity index is 2090. The maximum absolute atomic E-state index is 12.6. The maximum Gasteiger partial charge on any atom is 0.337 e. The molecular formula is C41H41N5O6. The first-order valence-electron chi connectivity index (χ1n) is 16.9. The Morgan fingerprint density at radius 1 is 0.923 bits per heavy atom. The Morgan fingerprint density at radius 3 is 2.29 bits per heavy atom. The van der Waals surface area contributed by atoms with Gasteiger partial charge in [0, 0.05) is 16.9 Å². The molecule has 0 radical (unpaired) electrons. The highest BCUT2D eigenvalue weighted by molar-refractivity contribution is 5.95. The molecule has 0 saturated carbocycles. The number of aliphatic hydroxyl groups is 1.